The second kappa shape index (κ2) is 6.01. The number of nitrogens with zero attached hydrogens (tertiary/aromatic N) is 1. The Kier molecular flexibility index (Phi) is 4.35. The molecule has 0 atom stereocenters. The molecule has 4 heteroatoms. The topological polar surface area (TPSA) is 37.4 Å². The van der Waals surface area contributed by atoms with E-state index in [9.17, 15) is 9.59 Å². The van der Waals surface area contributed by atoms with E-state index in [4.69, 9.17) is 0 Å². The Bertz CT molecular complexity index is 650. The number of anilines is 1. The standard InChI is InChI=1S/C16H14BrNO2/c1-11-3-8-14(15(17)9-11)16(20)12-4-6-13(7-5-12)18(2)10-19/h3-10H,1-2H3. The zero-order valence-electron chi connectivity index (χ0n) is 11.3. The van der Waals surface area contributed by atoms with E-state index in [0.29, 0.717) is 11.1 Å². The fraction of sp³-hybridized carbons (Fsp3) is 0.125. The van der Waals surface area contributed by atoms with E-state index in [-0.39, 0.29) is 5.78 Å². The third-order valence-electron chi connectivity index (χ3n) is 3.06. The van der Waals surface area contributed by atoms with Crippen LogP contribution in [0.3, 0.4) is 0 Å². The minimum absolute atomic E-state index is 0.0443. The first-order valence-electron chi connectivity index (χ1n) is 6.12. The molecule has 0 aromatic heterocycles. The Morgan fingerprint density at radius 3 is 2.35 bits per heavy atom. The van der Waals surface area contributed by atoms with Crippen LogP contribution in [0, 0.1) is 6.92 Å². The molecule has 1 amide bonds. The summed E-state index contributed by atoms with van der Waals surface area (Å²) in [6, 6.07) is 12.6. The maximum Gasteiger partial charge on any atom is 0.213 e. The third-order valence-corrected chi connectivity index (χ3v) is 3.72. The lowest BCUT2D eigenvalue weighted by molar-refractivity contribution is -0.107. The van der Waals surface area contributed by atoms with Gasteiger partial charge in [-0.3, -0.25) is 9.59 Å². The molecule has 2 aromatic rings. The molecule has 2 rings (SSSR count). The Balaban J connectivity index is 2.31. The van der Waals surface area contributed by atoms with E-state index in [1.807, 2.05) is 25.1 Å². The van der Waals surface area contributed by atoms with Gasteiger partial charge >= 0.3 is 0 Å². The molecular formula is C16H14BrNO2. The molecule has 0 heterocycles. The van der Waals surface area contributed by atoms with Crippen molar-refractivity contribution in [2.75, 3.05) is 11.9 Å². The SMILES string of the molecule is Cc1ccc(C(=O)c2ccc(N(C)C=O)cc2)c(Br)c1. The number of carbonyl (C=O) groups is 2. The van der Waals surface area contributed by atoms with Crippen LogP contribution in [0.1, 0.15) is 21.5 Å². The summed E-state index contributed by atoms with van der Waals surface area (Å²) in [6.45, 7) is 1.98. The largest absolute Gasteiger partial charge is 0.318 e. The number of hydrogen-bond acceptors (Lipinski definition) is 2. The van der Waals surface area contributed by atoms with Crippen molar-refractivity contribution in [1.82, 2.24) is 0 Å². The van der Waals surface area contributed by atoms with Crippen LogP contribution in [-0.4, -0.2) is 19.2 Å². The number of carbonyl (C=O) groups excluding carboxylic acids is 2. The molecule has 3 nitrogen and oxygen atoms in total. The highest BCUT2D eigenvalue weighted by Gasteiger charge is 2.12. The molecule has 0 saturated carbocycles. The van der Waals surface area contributed by atoms with E-state index in [1.165, 1.54) is 4.90 Å². The van der Waals surface area contributed by atoms with Crippen molar-refractivity contribution in [2.45, 2.75) is 6.92 Å². The smallest absolute Gasteiger partial charge is 0.213 e. The van der Waals surface area contributed by atoms with Crippen molar-refractivity contribution in [3.8, 4) is 0 Å². The first-order chi connectivity index (χ1) is 9.52. The summed E-state index contributed by atoms with van der Waals surface area (Å²) in [4.78, 5) is 24.5. The van der Waals surface area contributed by atoms with E-state index in [2.05, 4.69) is 15.9 Å². The Morgan fingerprint density at radius 2 is 1.80 bits per heavy atom. The summed E-state index contributed by atoms with van der Waals surface area (Å²) in [6.07, 6.45) is 0.730. The molecule has 102 valence electrons. The normalized spacial score (nSPS) is 10.2. The number of ketones is 1. The minimum atomic E-state index is -0.0443. The van der Waals surface area contributed by atoms with E-state index in [1.54, 1.807) is 31.3 Å². The van der Waals surface area contributed by atoms with Crippen molar-refractivity contribution in [1.29, 1.82) is 0 Å². The number of halogens is 1. The maximum absolute atomic E-state index is 12.4. The number of rotatable bonds is 4. The molecule has 0 fully saturated rings. The van der Waals surface area contributed by atoms with E-state index in [0.717, 1.165) is 22.1 Å². The lowest BCUT2D eigenvalue weighted by Gasteiger charge is -2.11. The van der Waals surface area contributed by atoms with Gasteiger partial charge in [-0.05, 0) is 48.9 Å². The Hall–Kier alpha value is -1.94. The van der Waals surface area contributed by atoms with Crippen LogP contribution in [0.5, 0.6) is 0 Å². The van der Waals surface area contributed by atoms with Crippen molar-refractivity contribution in [2.24, 2.45) is 0 Å². The second-order valence-corrected chi connectivity index (χ2v) is 5.43. The van der Waals surface area contributed by atoms with Crippen LogP contribution < -0.4 is 4.90 Å². The molecule has 0 radical (unpaired) electrons. The number of benzene rings is 2. The fourth-order valence-electron chi connectivity index (χ4n) is 1.87. The van der Waals surface area contributed by atoms with Crippen LogP contribution in [0.15, 0.2) is 46.9 Å². The number of aryl methyl sites for hydroxylation is 1. The van der Waals surface area contributed by atoms with Gasteiger partial charge in [0.1, 0.15) is 0 Å². The first kappa shape index (κ1) is 14.5. The molecule has 2 aromatic carbocycles. The van der Waals surface area contributed by atoms with Crippen LogP contribution in [0.2, 0.25) is 0 Å². The Morgan fingerprint density at radius 1 is 1.15 bits per heavy atom. The molecule has 0 saturated heterocycles. The quantitative estimate of drug-likeness (QED) is 0.634. The molecule has 0 aliphatic heterocycles. The molecule has 0 aliphatic carbocycles. The van der Waals surface area contributed by atoms with Gasteiger partial charge in [0, 0.05) is 28.3 Å². The van der Waals surface area contributed by atoms with Gasteiger partial charge in [-0.25, -0.2) is 0 Å². The summed E-state index contributed by atoms with van der Waals surface area (Å²) in [5.74, 6) is -0.0443. The van der Waals surface area contributed by atoms with Crippen LogP contribution >= 0.6 is 15.9 Å². The van der Waals surface area contributed by atoms with Gasteiger partial charge in [-0.15, -0.1) is 0 Å². The molecule has 0 bridgehead atoms. The summed E-state index contributed by atoms with van der Waals surface area (Å²) < 4.78 is 0.789. The van der Waals surface area contributed by atoms with Crippen molar-refractivity contribution < 1.29 is 9.59 Å². The second-order valence-electron chi connectivity index (χ2n) is 4.58. The first-order valence-corrected chi connectivity index (χ1v) is 6.91. The van der Waals surface area contributed by atoms with Crippen molar-refractivity contribution in [3.05, 3.63) is 63.6 Å². The molecule has 20 heavy (non-hydrogen) atoms. The maximum atomic E-state index is 12.4. The van der Waals surface area contributed by atoms with Gasteiger partial charge in [-0.1, -0.05) is 22.0 Å². The summed E-state index contributed by atoms with van der Waals surface area (Å²) >= 11 is 3.42. The molecule has 0 spiro atoms. The zero-order valence-corrected chi connectivity index (χ0v) is 12.8. The molecule has 0 aliphatic rings. The lowest BCUT2D eigenvalue weighted by Crippen LogP contribution is -2.13. The van der Waals surface area contributed by atoms with Gasteiger partial charge in [0.2, 0.25) is 6.41 Å². The van der Waals surface area contributed by atoms with Crippen molar-refractivity contribution in [3.63, 3.8) is 0 Å². The van der Waals surface area contributed by atoms with E-state index < -0.39 is 0 Å². The Labute approximate surface area is 126 Å². The zero-order chi connectivity index (χ0) is 14.7. The monoisotopic (exact) mass is 331 g/mol. The molecule has 0 N–H and O–H groups in total. The highest BCUT2D eigenvalue weighted by Crippen LogP contribution is 2.22. The van der Waals surface area contributed by atoms with Gasteiger partial charge in [0.15, 0.2) is 5.78 Å². The minimum Gasteiger partial charge on any atom is -0.318 e. The highest BCUT2D eigenvalue weighted by atomic mass is 79.9. The number of hydrogen-bond donors (Lipinski definition) is 0. The summed E-state index contributed by atoms with van der Waals surface area (Å²) in [5, 5.41) is 0. The van der Waals surface area contributed by atoms with Gasteiger partial charge in [-0.2, -0.15) is 0 Å². The van der Waals surface area contributed by atoms with Gasteiger partial charge in [0.25, 0.3) is 0 Å². The average molecular weight is 332 g/mol. The number of amides is 1. The highest BCUT2D eigenvalue weighted by molar-refractivity contribution is 9.10. The van der Waals surface area contributed by atoms with Crippen LogP contribution in [0.25, 0.3) is 0 Å². The lowest BCUT2D eigenvalue weighted by atomic mass is 10.0. The summed E-state index contributed by atoms with van der Waals surface area (Å²) in [5.41, 5.74) is 3.07. The average Bonchev–Trinajstić information content (AvgIpc) is 2.46. The molecular weight excluding hydrogens is 318 g/mol. The summed E-state index contributed by atoms with van der Waals surface area (Å²) in [7, 11) is 1.67. The predicted octanol–water partition coefficient (Wildman–Crippen LogP) is 3.58. The van der Waals surface area contributed by atoms with Gasteiger partial charge in [0.05, 0.1) is 0 Å². The predicted molar refractivity (Wildman–Crippen MR) is 83.2 cm³/mol. The van der Waals surface area contributed by atoms with Crippen LogP contribution in [-0.2, 0) is 4.79 Å². The fourth-order valence-corrected chi connectivity index (χ4v) is 2.54. The third kappa shape index (κ3) is 2.96. The van der Waals surface area contributed by atoms with Gasteiger partial charge < -0.3 is 4.90 Å². The van der Waals surface area contributed by atoms with Crippen LogP contribution in [0.4, 0.5) is 5.69 Å². The molecule has 0 unspecified atom stereocenters. The van der Waals surface area contributed by atoms with Crippen molar-refractivity contribution >= 4 is 33.8 Å². The van der Waals surface area contributed by atoms with E-state index >= 15 is 0 Å².